The summed E-state index contributed by atoms with van der Waals surface area (Å²) in [5.41, 5.74) is 2.42. The minimum atomic E-state index is -3.27. The number of benzene rings is 1. The molecule has 0 saturated carbocycles. The van der Waals surface area contributed by atoms with Gasteiger partial charge in [0.2, 0.25) is 0 Å². The van der Waals surface area contributed by atoms with Crippen LogP contribution in [0, 0.1) is 6.92 Å². The van der Waals surface area contributed by atoms with Gasteiger partial charge in [-0.2, -0.15) is 0 Å². The normalized spacial score (nSPS) is 11.7. The molecule has 0 unspecified atom stereocenters. The molecule has 0 bridgehead atoms. The number of methoxy groups -OCH3 is 1. The van der Waals surface area contributed by atoms with Gasteiger partial charge in [-0.25, -0.2) is 8.42 Å². The number of H-pyrrole nitrogens is 1. The van der Waals surface area contributed by atoms with E-state index in [1.807, 2.05) is 6.92 Å². The Morgan fingerprint density at radius 2 is 2.05 bits per heavy atom. The fourth-order valence-electron chi connectivity index (χ4n) is 2.04. The molecule has 2 rings (SSSR count). The molecule has 102 valence electrons. The van der Waals surface area contributed by atoms with E-state index in [4.69, 9.17) is 0 Å². The molecular formula is C13H15NO4S. The highest BCUT2D eigenvalue weighted by Gasteiger charge is 2.15. The van der Waals surface area contributed by atoms with E-state index in [2.05, 4.69) is 9.72 Å². The summed E-state index contributed by atoms with van der Waals surface area (Å²) in [5, 5.41) is 0.742. The summed E-state index contributed by atoms with van der Waals surface area (Å²) in [6, 6.07) is 4.85. The van der Waals surface area contributed by atoms with E-state index >= 15 is 0 Å². The van der Waals surface area contributed by atoms with Crippen LogP contribution in [0.25, 0.3) is 10.9 Å². The molecule has 1 aromatic carbocycles. The first-order valence-corrected chi connectivity index (χ1v) is 7.60. The van der Waals surface area contributed by atoms with Gasteiger partial charge in [-0.1, -0.05) is 0 Å². The number of hydrogen-bond acceptors (Lipinski definition) is 4. The lowest BCUT2D eigenvalue weighted by Crippen LogP contribution is -2.05. The van der Waals surface area contributed by atoms with Crippen molar-refractivity contribution in [1.82, 2.24) is 4.98 Å². The number of aryl methyl sites for hydroxylation is 1. The first-order valence-electron chi connectivity index (χ1n) is 5.71. The van der Waals surface area contributed by atoms with Crippen molar-refractivity contribution in [3.8, 4) is 0 Å². The molecule has 0 aliphatic rings. The Balaban J connectivity index is 2.63. The Morgan fingerprint density at radius 1 is 1.37 bits per heavy atom. The van der Waals surface area contributed by atoms with Crippen molar-refractivity contribution in [1.29, 1.82) is 0 Å². The van der Waals surface area contributed by atoms with Gasteiger partial charge in [0.05, 0.1) is 18.4 Å². The summed E-state index contributed by atoms with van der Waals surface area (Å²) < 4.78 is 27.8. The van der Waals surface area contributed by atoms with Crippen molar-refractivity contribution in [2.75, 3.05) is 13.4 Å². The molecule has 5 nitrogen and oxygen atoms in total. The summed E-state index contributed by atoms with van der Waals surface area (Å²) in [6.07, 6.45) is 1.28. The first kappa shape index (κ1) is 13.6. The summed E-state index contributed by atoms with van der Waals surface area (Å²) in [5.74, 6) is -0.353. The van der Waals surface area contributed by atoms with Crippen molar-refractivity contribution in [3.05, 3.63) is 29.5 Å². The number of aromatic amines is 1. The molecule has 1 aromatic heterocycles. The highest BCUT2D eigenvalue weighted by Crippen LogP contribution is 2.25. The van der Waals surface area contributed by atoms with Crippen molar-refractivity contribution < 1.29 is 17.9 Å². The van der Waals surface area contributed by atoms with Gasteiger partial charge in [0.25, 0.3) is 0 Å². The van der Waals surface area contributed by atoms with Crippen LogP contribution in [0.4, 0.5) is 0 Å². The second kappa shape index (κ2) is 4.70. The smallest absolute Gasteiger partial charge is 0.310 e. The lowest BCUT2D eigenvalue weighted by atomic mass is 10.1. The van der Waals surface area contributed by atoms with Gasteiger partial charge in [0, 0.05) is 22.9 Å². The number of carbonyl (C=O) groups excluding carboxylic acids is 1. The van der Waals surface area contributed by atoms with Crippen LogP contribution in [-0.4, -0.2) is 32.7 Å². The van der Waals surface area contributed by atoms with Gasteiger partial charge in [-0.3, -0.25) is 4.79 Å². The van der Waals surface area contributed by atoms with Crippen LogP contribution in [0.2, 0.25) is 0 Å². The fraction of sp³-hybridized carbons (Fsp3) is 0.308. The second-order valence-corrected chi connectivity index (χ2v) is 6.48. The minimum Gasteiger partial charge on any atom is -0.469 e. The van der Waals surface area contributed by atoms with Crippen molar-refractivity contribution in [3.63, 3.8) is 0 Å². The van der Waals surface area contributed by atoms with Crippen molar-refractivity contribution >= 4 is 26.7 Å². The SMILES string of the molecule is COC(=O)Cc1c(C)[nH]c2ccc(S(C)(=O)=O)cc12. The maximum atomic E-state index is 11.6. The van der Waals surface area contributed by atoms with Crippen LogP contribution in [-0.2, 0) is 25.8 Å². The van der Waals surface area contributed by atoms with Crippen LogP contribution >= 0.6 is 0 Å². The standard InChI is InChI=1S/C13H15NO4S/c1-8-10(7-13(15)18-2)11-6-9(19(3,16)17)4-5-12(11)14-8/h4-6,14H,7H2,1-3H3. The average Bonchev–Trinajstić information content (AvgIpc) is 2.64. The van der Waals surface area contributed by atoms with E-state index in [0.717, 1.165) is 28.4 Å². The Hall–Kier alpha value is -1.82. The van der Waals surface area contributed by atoms with E-state index < -0.39 is 9.84 Å². The summed E-state index contributed by atoms with van der Waals surface area (Å²) >= 11 is 0. The number of ether oxygens (including phenoxy) is 1. The molecule has 0 radical (unpaired) electrons. The van der Waals surface area contributed by atoms with Crippen molar-refractivity contribution in [2.24, 2.45) is 0 Å². The quantitative estimate of drug-likeness (QED) is 0.867. The predicted octanol–water partition coefficient (Wildman–Crippen LogP) is 1.60. The minimum absolute atomic E-state index is 0.121. The number of esters is 1. The second-order valence-electron chi connectivity index (χ2n) is 4.46. The lowest BCUT2D eigenvalue weighted by Gasteiger charge is -2.02. The van der Waals surface area contributed by atoms with Crippen LogP contribution in [0.15, 0.2) is 23.1 Å². The number of hydrogen-bond donors (Lipinski definition) is 1. The summed E-state index contributed by atoms with van der Waals surface area (Å²) in [6.45, 7) is 1.85. The molecule has 19 heavy (non-hydrogen) atoms. The van der Waals surface area contributed by atoms with Crippen LogP contribution < -0.4 is 0 Å². The Kier molecular flexibility index (Phi) is 3.36. The van der Waals surface area contributed by atoms with E-state index in [1.54, 1.807) is 18.2 Å². The zero-order valence-electron chi connectivity index (χ0n) is 11.0. The number of fused-ring (bicyclic) bond motifs is 1. The van der Waals surface area contributed by atoms with E-state index in [-0.39, 0.29) is 17.3 Å². The maximum absolute atomic E-state index is 11.6. The van der Waals surface area contributed by atoms with Gasteiger partial charge >= 0.3 is 5.97 Å². The summed E-state index contributed by atoms with van der Waals surface area (Å²) in [7, 11) is -1.94. The maximum Gasteiger partial charge on any atom is 0.310 e. The van der Waals surface area contributed by atoms with Gasteiger partial charge in [0.1, 0.15) is 0 Å². The predicted molar refractivity (Wildman–Crippen MR) is 71.9 cm³/mol. The van der Waals surface area contributed by atoms with Crippen LogP contribution in [0.1, 0.15) is 11.3 Å². The molecule has 2 aromatic rings. The molecule has 0 spiro atoms. The number of rotatable bonds is 3. The lowest BCUT2D eigenvalue weighted by molar-refractivity contribution is -0.139. The highest BCUT2D eigenvalue weighted by atomic mass is 32.2. The third-order valence-electron chi connectivity index (χ3n) is 3.07. The molecule has 1 N–H and O–H groups in total. The first-order chi connectivity index (χ1) is 8.82. The molecule has 0 amide bonds. The van der Waals surface area contributed by atoms with Gasteiger partial charge in [-0.15, -0.1) is 0 Å². The zero-order valence-corrected chi connectivity index (χ0v) is 11.8. The molecular weight excluding hydrogens is 266 g/mol. The monoisotopic (exact) mass is 281 g/mol. The molecule has 1 heterocycles. The van der Waals surface area contributed by atoms with Gasteiger partial charge in [-0.05, 0) is 30.7 Å². The third-order valence-corrected chi connectivity index (χ3v) is 4.18. The van der Waals surface area contributed by atoms with Gasteiger partial charge < -0.3 is 9.72 Å². The topological polar surface area (TPSA) is 76.2 Å². The van der Waals surface area contributed by atoms with E-state index in [9.17, 15) is 13.2 Å². The van der Waals surface area contributed by atoms with Crippen LogP contribution in [0.3, 0.4) is 0 Å². The Morgan fingerprint density at radius 3 is 2.63 bits per heavy atom. The van der Waals surface area contributed by atoms with E-state index in [1.165, 1.54) is 7.11 Å². The van der Waals surface area contributed by atoms with Crippen LogP contribution in [0.5, 0.6) is 0 Å². The molecule has 6 heteroatoms. The Bertz CT molecular complexity index is 743. The molecule has 0 atom stereocenters. The number of carbonyl (C=O) groups is 1. The number of aromatic nitrogens is 1. The molecule has 0 fully saturated rings. The molecule has 0 saturated heterocycles. The Labute approximate surface area is 111 Å². The van der Waals surface area contributed by atoms with E-state index in [0.29, 0.717) is 0 Å². The van der Waals surface area contributed by atoms with Gasteiger partial charge in [0.15, 0.2) is 9.84 Å². The zero-order chi connectivity index (χ0) is 14.2. The highest BCUT2D eigenvalue weighted by molar-refractivity contribution is 7.90. The largest absolute Gasteiger partial charge is 0.469 e. The summed E-state index contributed by atoms with van der Waals surface area (Å²) in [4.78, 5) is 14.8. The number of sulfone groups is 1. The molecule has 0 aliphatic heterocycles. The number of nitrogens with one attached hydrogen (secondary N) is 1. The van der Waals surface area contributed by atoms with Crippen molar-refractivity contribution in [2.45, 2.75) is 18.2 Å². The average molecular weight is 281 g/mol. The fourth-order valence-corrected chi connectivity index (χ4v) is 2.68. The third kappa shape index (κ3) is 2.63. The molecule has 0 aliphatic carbocycles.